The molecule has 0 spiro atoms. The first-order valence-electron chi connectivity index (χ1n) is 10.9. The molecule has 1 amide bonds. The zero-order valence-electron chi connectivity index (χ0n) is 19.3. The summed E-state index contributed by atoms with van der Waals surface area (Å²) in [5.41, 5.74) is 4.99. The number of aryl methyl sites for hydroxylation is 1. The minimum Gasteiger partial charge on any atom is -0.395 e. The SMILES string of the molecule is Cc1ccc(NC(=O)c2cc(C#N)cnn2)cc1-c1cc(NCCO)nc(-c2ccnc(C=O)c2)c1. The molecule has 0 saturated heterocycles. The van der Waals surface area contributed by atoms with Crippen LogP contribution >= 0.6 is 0 Å². The number of carbonyl (C=O) groups excluding carboxylic acids is 2. The summed E-state index contributed by atoms with van der Waals surface area (Å²) in [7, 11) is 0. The molecule has 36 heavy (non-hydrogen) atoms. The number of benzene rings is 1. The third-order valence-electron chi connectivity index (χ3n) is 5.26. The third kappa shape index (κ3) is 5.55. The average Bonchev–Trinajstić information content (AvgIpc) is 2.92. The van der Waals surface area contributed by atoms with Crippen molar-refractivity contribution in [1.29, 1.82) is 5.26 Å². The van der Waals surface area contributed by atoms with Crippen LogP contribution in [0.2, 0.25) is 0 Å². The quantitative estimate of drug-likeness (QED) is 0.323. The van der Waals surface area contributed by atoms with Gasteiger partial charge in [-0.15, -0.1) is 5.10 Å². The number of amides is 1. The second-order valence-corrected chi connectivity index (χ2v) is 7.79. The summed E-state index contributed by atoms with van der Waals surface area (Å²) in [6.45, 7) is 2.19. The van der Waals surface area contributed by atoms with Crippen molar-refractivity contribution in [2.24, 2.45) is 0 Å². The predicted octanol–water partition coefficient (Wildman–Crippen LogP) is 3.25. The highest BCUT2D eigenvalue weighted by Crippen LogP contribution is 2.32. The van der Waals surface area contributed by atoms with E-state index in [2.05, 4.69) is 30.8 Å². The van der Waals surface area contributed by atoms with Crippen LogP contribution < -0.4 is 10.6 Å². The molecule has 0 radical (unpaired) electrons. The number of nitrogens with one attached hydrogen (secondary N) is 2. The van der Waals surface area contributed by atoms with Crippen molar-refractivity contribution in [3.05, 3.63) is 83.4 Å². The van der Waals surface area contributed by atoms with Gasteiger partial charge in [-0.1, -0.05) is 6.07 Å². The predicted molar refractivity (Wildman–Crippen MR) is 133 cm³/mol. The lowest BCUT2D eigenvalue weighted by atomic mass is 9.98. The Balaban J connectivity index is 1.73. The van der Waals surface area contributed by atoms with Crippen molar-refractivity contribution in [3.8, 4) is 28.5 Å². The van der Waals surface area contributed by atoms with Crippen LogP contribution in [0.4, 0.5) is 11.5 Å². The molecule has 4 aromatic rings. The monoisotopic (exact) mass is 479 g/mol. The first-order chi connectivity index (χ1) is 17.5. The summed E-state index contributed by atoms with van der Waals surface area (Å²) < 4.78 is 0. The highest BCUT2D eigenvalue weighted by molar-refractivity contribution is 6.03. The number of nitriles is 1. The summed E-state index contributed by atoms with van der Waals surface area (Å²) in [5, 5.41) is 31.7. The van der Waals surface area contributed by atoms with E-state index in [1.54, 1.807) is 24.4 Å². The number of aromatic nitrogens is 4. The van der Waals surface area contributed by atoms with Gasteiger partial charge >= 0.3 is 0 Å². The summed E-state index contributed by atoms with van der Waals surface area (Å²) >= 11 is 0. The van der Waals surface area contributed by atoms with Gasteiger partial charge in [-0.3, -0.25) is 14.6 Å². The molecule has 178 valence electrons. The van der Waals surface area contributed by atoms with E-state index < -0.39 is 5.91 Å². The van der Waals surface area contributed by atoms with Gasteiger partial charge in [-0.05, 0) is 66.1 Å². The molecule has 0 saturated carbocycles. The van der Waals surface area contributed by atoms with E-state index in [-0.39, 0.29) is 23.6 Å². The molecular formula is C26H21N7O3. The number of nitrogens with zero attached hydrogens (tertiary/aromatic N) is 5. The van der Waals surface area contributed by atoms with Gasteiger partial charge in [0.1, 0.15) is 17.6 Å². The lowest BCUT2D eigenvalue weighted by Crippen LogP contribution is -2.14. The van der Waals surface area contributed by atoms with Crippen LogP contribution in [0.25, 0.3) is 22.4 Å². The first kappa shape index (κ1) is 24.1. The Morgan fingerprint density at radius 3 is 2.78 bits per heavy atom. The van der Waals surface area contributed by atoms with E-state index in [1.807, 2.05) is 37.3 Å². The van der Waals surface area contributed by atoms with E-state index in [4.69, 9.17) is 5.26 Å². The van der Waals surface area contributed by atoms with Crippen LogP contribution in [-0.4, -0.2) is 50.6 Å². The number of carbonyl (C=O) groups is 2. The Kier molecular flexibility index (Phi) is 7.33. The molecule has 3 aromatic heterocycles. The Bertz CT molecular complexity index is 1480. The summed E-state index contributed by atoms with van der Waals surface area (Å²) in [5.74, 6) is 0.0479. The highest BCUT2D eigenvalue weighted by atomic mass is 16.3. The van der Waals surface area contributed by atoms with E-state index >= 15 is 0 Å². The van der Waals surface area contributed by atoms with Crippen molar-refractivity contribution >= 4 is 23.7 Å². The van der Waals surface area contributed by atoms with Crippen LogP contribution in [-0.2, 0) is 0 Å². The number of pyridine rings is 2. The largest absolute Gasteiger partial charge is 0.395 e. The summed E-state index contributed by atoms with van der Waals surface area (Å²) in [6.07, 6.45) is 3.50. The molecule has 0 bridgehead atoms. The van der Waals surface area contributed by atoms with Crippen molar-refractivity contribution in [2.45, 2.75) is 6.92 Å². The van der Waals surface area contributed by atoms with Crippen LogP contribution in [0.1, 0.15) is 32.1 Å². The lowest BCUT2D eigenvalue weighted by molar-refractivity contribution is 0.102. The van der Waals surface area contributed by atoms with Crippen molar-refractivity contribution in [2.75, 3.05) is 23.8 Å². The summed E-state index contributed by atoms with van der Waals surface area (Å²) in [6, 6.07) is 15.9. The number of rotatable bonds is 8. The number of aliphatic hydroxyl groups is 1. The van der Waals surface area contributed by atoms with Crippen LogP contribution in [0.5, 0.6) is 0 Å². The Morgan fingerprint density at radius 2 is 2.00 bits per heavy atom. The van der Waals surface area contributed by atoms with E-state index in [0.29, 0.717) is 35.6 Å². The van der Waals surface area contributed by atoms with Gasteiger partial charge in [0.05, 0.1) is 24.1 Å². The first-order valence-corrected chi connectivity index (χ1v) is 10.9. The van der Waals surface area contributed by atoms with Crippen molar-refractivity contribution < 1.29 is 14.7 Å². The average molecular weight is 480 g/mol. The maximum atomic E-state index is 12.7. The Morgan fingerprint density at radius 1 is 1.14 bits per heavy atom. The maximum Gasteiger partial charge on any atom is 0.276 e. The van der Waals surface area contributed by atoms with Gasteiger partial charge in [-0.2, -0.15) is 10.4 Å². The van der Waals surface area contributed by atoms with Gasteiger partial charge in [0.15, 0.2) is 12.0 Å². The zero-order valence-corrected chi connectivity index (χ0v) is 19.3. The van der Waals surface area contributed by atoms with Crippen molar-refractivity contribution in [3.63, 3.8) is 0 Å². The van der Waals surface area contributed by atoms with Gasteiger partial charge in [0.2, 0.25) is 0 Å². The molecular weight excluding hydrogens is 458 g/mol. The van der Waals surface area contributed by atoms with Crippen LogP contribution in [0.15, 0.2) is 60.9 Å². The second-order valence-electron chi connectivity index (χ2n) is 7.79. The van der Waals surface area contributed by atoms with E-state index in [9.17, 15) is 14.7 Å². The molecule has 10 nitrogen and oxygen atoms in total. The smallest absolute Gasteiger partial charge is 0.276 e. The second kappa shape index (κ2) is 10.9. The fraction of sp³-hybridized carbons (Fsp3) is 0.115. The number of aliphatic hydroxyl groups excluding tert-OH is 1. The molecule has 0 atom stereocenters. The number of aldehydes is 1. The Labute approximate surface area is 206 Å². The molecule has 4 rings (SSSR count). The maximum absolute atomic E-state index is 12.7. The molecule has 0 unspecified atom stereocenters. The number of anilines is 2. The standard InChI is InChI=1S/C26H21N7O3/c1-16-2-3-20(31-26(36)24-8-17(13-27)14-30-33-24)12-22(16)19-10-23(32-25(11-19)29-6-7-34)18-4-5-28-21(9-18)15-35/h2-5,8-12,14-15,34H,6-7H2,1H3,(H,29,32)(H,31,36). The molecule has 10 heteroatoms. The normalized spacial score (nSPS) is 10.4. The van der Waals surface area contributed by atoms with Gasteiger partial charge in [0.25, 0.3) is 5.91 Å². The molecule has 0 fully saturated rings. The molecule has 0 aliphatic carbocycles. The molecule has 0 aliphatic rings. The topological polar surface area (TPSA) is 154 Å². The fourth-order valence-corrected chi connectivity index (χ4v) is 3.53. The van der Waals surface area contributed by atoms with Crippen molar-refractivity contribution in [1.82, 2.24) is 20.2 Å². The van der Waals surface area contributed by atoms with Gasteiger partial charge < -0.3 is 15.7 Å². The van der Waals surface area contributed by atoms with Gasteiger partial charge in [-0.25, -0.2) is 4.98 Å². The third-order valence-corrected chi connectivity index (χ3v) is 5.26. The molecule has 3 N–H and O–H groups in total. The number of hydrogen-bond donors (Lipinski definition) is 3. The Hall–Kier alpha value is -5.01. The minimum atomic E-state index is -0.492. The fourth-order valence-electron chi connectivity index (χ4n) is 3.53. The van der Waals surface area contributed by atoms with Crippen LogP contribution in [0, 0.1) is 18.3 Å². The van der Waals surface area contributed by atoms with E-state index in [1.165, 1.54) is 12.3 Å². The summed E-state index contributed by atoms with van der Waals surface area (Å²) in [4.78, 5) is 32.5. The molecule has 1 aromatic carbocycles. The van der Waals surface area contributed by atoms with Gasteiger partial charge in [0, 0.05) is 24.0 Å². The minimum absolute atomic E-state index is 0.0292. The molecule has 3 heterocycles. The van der Waals surface area contributed by atoms with Crippen LogP contribution in [0.3, 0.4) is 0 Å². The zero-order chi connectivity index (χ0) is 25.5. The number of hydrogen-bond acceptors (Lipinski definition) is 9. The van der Waals surface area contributed by atoms with E-state index in [0.717, 1.165) is 16.7 Å². The lowest BCUT2D eigenvalue weighted by Gasteiger charge is -2.14. The molecule has 0 aliphatic heterocycles. The highest BCUT2D eigenvalue weighted by Gasteiger charge is 2.13.